The Balaban J connectivity index is 2.05. The lowest BCUT2D eigenvalue weighted by molar-refractivity contribution is -0.0168. The molecule has 0 spiro atoms. The standard InChI is InChI=1S/C8H16O2/c1-3-5-7(4-2)10-8-6-9-8/h7-8H,3-6H2,1-2H3. The maximum atomic E-state index is 5.53. The highest BCUT2D eigenvalue weighted by Gasteiger charge is 2.26. The van der Waals surface area contributed by atoms with Gasteiger partial charge in [-0.05, 0) is 12.8 Å². The Bertz CT molecular complexity index is 89.3. The summed E-state index contributed by atoms with van der Waals surface area (Å²) < 4.78 is 10.5. The Kier molecular flexibility index (Phi) is 3.16. The van der Waals surface area contributed by atoms with E-state index in [0.717, 1.165) is 19.4 Å². The molecular formula is C8H16O2. The van der Waals surface area contributed by atoms with Crippen molar-refractivity contribution in [3.8, 4) is 0 Å². The molecule has 1 aliphatic heterocycles. The van der Waals surface area contributed by atoms with Crippen molar-refractivity contribution in [1.29, 1.82) is 0 Å². The van der Waals surface area contributed by atoms with Crippen LogP contribution in [0.4, 0.5) is 0 Å². The Morgan fingerprint density at radius 3 is 2.70 bits per heavy atom. The van der Waals surface area contributed by atoms with Crippen LogP contribution >= 0.6 is 0 Å². The molecule has 0 radical (unpaired) electrons. The second-order valence-electron chi connectivity index (χ2n) is 2.72. The predicted octanol–water partition coefficient (Wildman–Crippen LogP) is 1.94. The van der Waals surface area contributed by atoms with Crippen molar-refractivity contribution in [2.45, 2.75) is 45.5 Å². The van der Waals surface area contributed by atoms with Crippen LogP contribution in [0.15, 0.2) is 0 Å². The lowest BCUT2D eigenvalue weighted by Crippen LogP contribution is -2.13. The smallest absolute Gasteiger partial charge is 0.181 e. The van der Waals surface area contributed by atoms with Gasteiger partial charge in [0.15, 0.2) is 6.29 Å². The van der Waals surface area contributed by atoms with Gasteiger partial charge in [-0.15, -0.1) is 0 Å². The Hall–Kier alpha value is -0.0800. The molecule has 2 unspecified atom stereocenters. The molecule has 0 aromatic rings. The van der Waals surface area contributed by atoms with Gasteiger partial charge in [-0.3, -0.25) is 0 Å². The molecule has 1 aliphatic rings. The van der Waals surface area contributed by atoms with Gasteiger partial charge in [0.2, 0.25) is 0 Å². The normalized spacial score (nSPS) is 26.4. The van der Waals surface area contributed by atoms with Crippen LogP contribution in [0.5, 0.6) is 0 Å². The average molecular weight is 144 g/mol. The number of hydrogen-bond acceptors (Lipinski definition) is 2. The molecule has 60 valence electrons. The first-order valence-electron chi connectivity index (χ1n) is 4.13. The van der Waals surface area contributed by atoms with E-state index in [2.05, 4.69) is 13.8 Å². The summed E-state index contributed by atoms with van der Waals surface area (Å²) in [7, 11) is 0. The largest absolute Gasteiger partial charge is 0.347 e. The Labute approximate surface area is 62.5 Å². The summed E-state index contributed by atoms with van der Waals surface area (Å²) in [5, 5.41) is 0. The maximum absolute atomic E-state index is 5.53. The highest BCUT2D eigenvalue weighted by atomic mass is 16.8. The number of rotatable bonds is 5. The molecule has 1 saturated heterocycles. The zero-order valence-corrected chi connectivity index (χ0v) is 6.80. The molecule has 2 atom stereocenters. The van der Waals surface area contributed by atoms with Gasteiger partial charge < -0.3 is 9.47 Å². The van der Waals surface area contributed by atoms with Gasteiger partial charge in [-0.25, -0.2) is 0 Å². The number of hydrogen-bond donors (Lipinski definition) is 0. The molecular weight excluding hydrogens is 128 g/mol. The molecule has 1 rings (SSSR count). The lowest BCUT2D eigenvalue weighted by Gasteiger charge is -2.12. The third kappa shape index (κ3) is 2.67. The third-order valence-corrected chi connectivity index (χ3v) is 1.71. The fraction of sp³-hybridized carbons (Fsp3) is 1.00. The van der Waals surface area contributed by atoms with Crippen LogP contribution < -0.4 is 0 Å². The van der Waals surface area contributed by atoms with E-state index in [4.69, 9.17) is 9.47 Å². The molecule has 1 fully saturated rings. The molecule has 0 saturated carbocycles. The molecule has 0 N–H and O–H groups in total. The second-order valence-corrected chi connectivity index (χ2v) is 2.72. The third-order valence-electron chi connectivity index (χ3n) is 1.71. The van der Waals surface area contributed by atoms with Crippen LogP contribution in [0.25, 0.3) is 0 Å². The van der Waals surface area contributed by atoms with Gasteiger partial charge in [0.1, 0.15) is 6.61 Å². The average Bonchev–Trinajstić information content (AvgIpc) is 2.71. The van der Waals surface area contributed by atoms with Gasteiger partial charge in [0, 0.05) is 0 Å². The highest BCUT2D eigenvalue weighted by molar-refractivity contribution is 4.61. The summed E-state index contributed by atoms with van der Waals surface area (Å²) in [6, 6.07) is 0. The molecule has 10 heavy (non-hydrogen) atoms. The monoisotopic (exact) mass is 144 g/mol. The molecule has 0 aliphatic carbocycles. The van der Waals surface area contributed by atoms with Gasteiger partial charge in [-0.2, -0.15) is 0 Å². The number of ether oxygens (including phenoxy) is 2. The Morgan fingerprint density at radius 1 is 1.60 bits per heavy atom. The van der Waals surface area contributed by atoms with E-state index in [0.29, 0.717) is 6.10 Å². The quantitative estimate of drug-likeness (QED) is 0.550. The molecule has 0 aromatic carbocycles. The topological polar surface area (TPSA) is 21.8 Å². The summed E-state index contributed by atoms with van der Waals surface area (Å²) in [6.07, 6.45) is 4.03. The number of epoxide rings is 1. The summed E-state index contributed by atoms with van der Waals surface area (Å²) in [5.41, 5.74) is 0. The zero-order chi connectivity index (χ0) is 7.40. The molecule has 2 heteroatoms. The van der Waals surface area contributed by atoms with E-state index in [1.807, 2.05) is 0 Å². The first kappa shape index (κ1) is 8.02. The van der Waals surface area contributed by atoms with Crippen molar-refractivity contribution in [2.24, 2.45) is 0 Å². The SMILES string of the molecule is CCCC(CC)OC1CO1. The highest BCUT2D eigenvalue weighted by Crippen LogP contribution is 2.17. The van der Waals surface area contributed by atoms with Crippen molar-refractivity contribution >= 4 is 0 Å². The summed E-state index contributed by atoms with van der Waals surface area (Å²) >= 11 is 0. The van der Waals surface area contributed by atoms with Crippen LogP contribution in [0.2, 0.25) is 0 Å². The summed E-state index contributed by atoms with van der Waals surface area (Å²) in [6.45, 7) is 5.14. The van der Waals surface area contributed by atoms with Crippen molar-refractivity contribution in [1.82, 2.24) is 0 Å². The van der Waals surface area contributed by atoms with Crippen LogP contribution in [-0.4, -0.2) is 19.0 Å². The van der Waals surface area contributed by atoms with Crippen LogP contribution in [0, 0.1) is 0 Å². The predicted molar refractivity (Wildman–Crippen MR) is 39.8 cm³/mol. The summed E-state index contributed by atoms with van der Waals surface area (Å²) in [4.78, 5) is 0. The van der Waals surface area contributed by atoms with Crippen molar-refractivity contribution < 1.29 is 9.47 Å². The fourth-order valence-electron chi connectivity index (χ4n) is 1.02. The maximum Gasteiger partial charge on any atom is 0.181 e. The first-order valence-corrected chi connectivity index (χ1v) is 4.13. The molecule has 0 bridgehead atoms. The van der Waals surface area contributed by atoms with E-state index in [1.54, 1.807) is 0 Å². The molecule has 0 aromatic heterocycles. The molecule has 2 nitrogen and oxygen atoms in total. The van der Waals surface area contributed by atoms with Gasteiger partial charge in [-0.1, -0.05) is 20.3 Å². The minimum atomic E-state index is 0.136. The van der Waals surface area contributed by atoms with Crippen LogP contribution in [-0.2, 0) is 9.47 Å². The van der Waals surface area contributed by atoms with Gasteiger partial charge in [0.25, 0.3) is 0 Å². The zero-order valence-electron chi connectivity index (χ0n) is 6.80. The lowest BCUT2D eigenvalue weighted by atomic mass is 10.2. The van der Waals surface area contributed by atoms with Crippen LogP contribution in [0.1, 0.15) is 33.1 Å². The van der Waals surface area contributed by atoms with Gasteiger partial charge >= 0.3 is 0 Å². The van der Waals surface area contributed by atoms with Gasteiger partial charge in [0.05, 0.1) is 6.10 Å². The minimum Gasteiger partial charge on any atom is -0.347 e. The first-order chi connectivity index (χ1) is 4.86. The minimum absolute atomic E-state index is 0.136. The molecule has 0 amide bonds. The Morgan fingerprint density at radius 2 is 2.30 bits per heavy atom. The molecule has 1 heterocycles. The van der Waals surface area contributed by atoms with E-state index in [1.165, 1.54) is 6.42 Å². The van der Waals surface area contributed by atoms with Crippen molar-refractivity contribution in [3.05, 3.63) is 0 Å². The van der Waals surface area contributed by atoms with E-state index in [-0.39, 0.29) is 6.29 Å². The van der Waals surface area contributed by atoms with E-state index >= 15 is 0 Å². The van der Waals surface area contributed by atoms with E-state index in [9.17, 15) is 0 Å². The summed E-state index contributed by atoms with van der Waals surface area (Å²) in [5.74, 6) is 0. The van der Waals surface area contributed by atoms with Crippen LogP contribution in [0.3, 0.4) is 0 Å². The van der Waals surface area contributed by atoms with Crippen molar-refractivity contribution in [3.63, 3.8) is 0 Å². The second kappa shape index (κ2) is 3.94. The van der Waals surface area contributed by atoms with Crippen molar-refractivity contribution in [2.75, 3.05) is 6.61 Å². The fourth-order valence-corrected chi connectivity index (χ4v) is 1.02. The van der Waals surface area contributed by atoms with E-state index < -0.39 is 0 Å².